The van der Waals surface area contributed by atoms with Crippen LogP contribution in [0.1, 0.15) is 51.4 Å². The van der Waals surface area contributed by atoms with Crippen LogP contribution in [0, 0.1) is 0 Å². The van der Waals surface area contributed by atoms with Crippen molar-refractivity contribution in [1.29, 1.82) is 0 Å². The fourth-order valence-electron chi connectivity index (χ4n) is 3.54. The van der Waals surface area contributed by atoms with E-state index in [0.29, 0.717) is 12.1 Å². The molecule has 1 aromatic heterocycles. The molecular weight excluding hydrogens is 238 g/mol. The van der Waals surface area contributed by atoms with Crippen LogP contribution in [0.2, 0.25) is 0 Å². The van der Waals surface area contributed by atoms with Gasteiger partial charge in [-0.05, 0) is 39.7 Å². The minimum absolute atomic E-state index is 0.383. The lowest BCUT2D eigenvalue weighted by Crippen LogP contribution is -2.44. The second kappa shape index (κ2) is 5.59. The van der Waals surface area contributed by atoms with Crippen LogP contribution in [0.5, 0.6) is 0 Å². The fraction of sp³-hybridized carbons (Fsp3) is 0.857. The first kappa shape index (κ1) is 13.1. The van der Waals surface area contributed by atoms with Crippen LogP contribution < -0.4 is 5.32 Å². The van der Waals surface area contributed by atoms with Gasteiger partial charge in [-0.1, -0.05) is 6.42 Å². The van der Waals surface area contributed by atoms with Crippen molar-refractivity contribution in [2.75, 3.05) is 13.1 Å². The Morgan fingerprint density at radius 1 is 1.32 bits per heavy atom. The van der Waals surface area contributed by atoms with Crippen molar-refractivity contribution < 1.29 is 0 Å². The molecule has 2 fully saturated rings. The van der Waals surface area contributed by atoms with Gasteiger partial charge in [-0.25, -0.2) is 9.67 Å². The number of rotatable bonds is 4. The molecule has 0 amide bonds. The van der Waals surface area contributed by atoms with Crippen LogP contribution in [-0.4, -0.2) is 44.8 Å². The molecular formula is C14H25N5. The van der Waals surface area contributed by atoms with Crippen molar-refractivity contribution >= 4 is 0 Å². The first-order chi connectivity index (χ1) is 9.25. The monoisotopic (exact) mass is 263 g/mol. The van der Waals surface area contributed by atoms with E-state index < -0.39 is 0 Å². The highest BCUT2D eigenvalue weighted by Crippen LogP contribution is 2.27. The van der Waals surface area contributed by atoms with E-state index in [-0.39, 0.29) is 0 Å². The third-order valence-corrected chi connectivity index (χ3v) is 4.51. The van der Waals surface area contributed by atoms with E-state index >= 15 is 0 Å². The molecule has 3 rings (SSSR count). The van der Waals surface area contributed by atoms with Gasteiger partial charge in [-0.15, -0.1) is 0 Å². The van der Waals surface area contributed by atoms with E-state index in [0.717, 1.165) is 18.4 Å². The molecule has 19 heavy (non-hydrogen) atoms. The van der Waals surface area contributed by atoms with E-state index in [1.165, 1.54) is 38.8 Å². The highest BCUT2D eigenvalue weighted by molar-refractivity contribution is 4.96. The minimum Gasteiger partial charge on any atom is -0.305 e. The van der Waals surface area contributed by atoms with Crippen molar-refractivity contribution in [3.8, 4) is 0 Å². The third-order valence-electron chi connectivity index (χ3n) is 4.51. The number of nitrogens with one attached hydrogen (secondary N) is 1. The molecule has 1 aromatic rings. The molecule has 1 N–H and O–H groups in total. The number of hydrogen-bond donors (Lipinski definition) is 1. The summed E-state index contributed by atoms with van der Waals surface area (Å²) >= 11 is 0. The van der Waals surface area contributed by atoms with Crippen LogP contribution in [0.3, 0.4) is 0 Å². The quantitative estimate of drug-likeness (QED) is 0.896. The van der Waals surface area contributed by atoms with E-state index in [9.17, 15) is 0 Å². The minimum atomic E-state index is 0.383. The molecule has 0 spiro atoms. The molecule has 5 heteroatoms. The Labute approximate surface area is 115 Å². The maximum atomic E-state index is 4.38. The molecule has 0 aromatic carbocycles. The first-order valence-electron chi connectivity index (χ1n) is 7.61. The van der Waals surface area contributed by atoms with Gasteiger partial charge in [0.15, 0.2) is 0 Å². The first-order valence-corrected chi connectivity index (χ1v) is 7.61. The second-order valence-corrected chi connectivity index (χ2v) is 6.09. The SMILES string of the molecule is CC(C)n1ncnc1CNC1CCN2CCCCC12. The van der Waals surface area contributed by atoms with Gasteiger partial charge in [0.25, 0.3) is 0 Å². The highest BCUT2D eigenvalue weighted by atomic mass is 15.4. The Morgan fingerprint density at radius 3 is 3.05 bits per heavy atom. The van der Waals surface area contributed by atoms with E-state index in [1.807, 2.05) is 4.68 Å². The Morgan fingerprint density at radius 2 is 2.21 bits per heavy atom. The zero-order chi connectivity index (χ0) is 13.2. The molecule has 106 valence electrons. The van der Waals surface area contributed by atoms with Gasteiger partial charge in [0.1, 0.15) is 12.2 Å². The summed E-state index contributed by atoms with van der Waals surface area (Å²) in [5.41, 5.74) is 0. The smallest absolute Gasteiger partial charge is 0.141 e. The van der Waals surface area contributed by atoms with Crippen LogP contribution in [0.15, 0.2) is 6.33 Å². The maximum absolute atomic E-state index is 4.38. The molecule has 0 aliphatic carbocycles. The summed E-state index contributed by atoms with van der Waals surface area (Å²) in [7, 11) is 0. The van der Waals surface area contributed by atoms with E-state index in [2.05, 4.69) is 34.1 Å². The number of fused-ring (bicyclic) bond motifs is 1. The zero-order valence-electron chi connectivity index (χ0n) is 12.0. The summed E-state index contributed by atoms with van der Waals surface area (Å²) in [4.78, 5) is 7.04. The van der Waals surface area contributed by atoms with Crippen LogP contribution in [-0.2, 0) is 6.54 Å². The molecule has 5 nitrogen and oxygen atoms in total. The van der Waals surface area contributed by atoms with Crippen LogP contribution in [0.25, 0.3) is 0 Å². The zero-order valence-corrected chi connectivity index (χ0v) is 12.0. The Kier molecular flexibility index (Phi) is 3.84. The molecule has 2 saturated heterocycles. The Balaban J connectivity index is 1.58. The summed E-state index contributed by atoms with van der Waals surface area (Å²) in [6.45, 7) is 7.70. The molecule has 2 unspecified atom stereocenters. The van der Waals surface area contributed by atoms with Gasteiger partial charge in [0, 0.05) is 24.7 Å². The third kappa shape index (κ3) is 2.67. The number of aromatic nitrogens is 3. The van der Waals surface area contributed by atoms with Gasteiger partial charge in [0.05, 0.1) is 6.54 Å². The topological polar surface area (TPSA) is 46.0 Å². The summed E-state index contributed by atoms with van der Waals surface area (Å²) in [6.07, 6.45) is 7.07. The van der Waals surface area contributed by atoms with Crippen molar-refractivity contribution in [1.82, 2.24) is 25.0 Å². The summed E-state index contributed by atoms with van der Waals surface area (Å²) in [6, 6.07) is 1.77. The molecule has 2 aliphatic heterocycles. The summed E-state index contributed by atoms with van der Waals surface area (Å²) in [5, 5.41) is 8.01. The normalized spacial score (nSPS) is 27.9. The summed E-state index contributed by atoms with van der Waals surface area (Å²) in [5.74, 6) is 1.06. The van der Waals surface area contributed by atoms with Crippen LogP contribution in [0.4, 0.5) is 0 Å². The lowest BCUT2D eigenvalue weighted by atomic mass is 9.99. The lowest BCUT2D eigenvalue weighted by Gasteiger charge is -2.32. The number of hydrogen-bond acceptors (Lipinski definition) is 4. The summed E-state index contributed by atoms with van der Waals surface area (Å²) < 4.78 is 2.01. The van der Waals surface area contributed by atoms with Gasteiger partial charge in [0.2, 0.25) is 0 Å². The fourth-order valence-corrected chi connectivity index (χ4v) is 3.54. The largest absolute Gasteiger partial charge is 0.305 e. The molecule has 0 bridgehead atoms. The van der Waals surface area contributed by atoms with E-state index in [1.54, 1.807) is 6.33 Å². The molecule has 3 heterocycles. The van der Waals surface area contributed by atoms with Crippen molar-refractivity contribution in [2.24, 2.45) is 0 Å². The predicted molar refractivity (Wildman–Crippen MR) is 74.9 cm³/mol. The Hall–Kier alpha value is -0.940. The lowest BCUT2D eigenvalue weighted by molar-refractivity contribution is 0.179. The van der Waals surface area contributed by atoms with Crippen molar-refractivity contribution in [3.63, 3.8) is 0 Å². The average Bonchev–Trinajstić information content (AvgIpc) is 3.03. The number of nitrogens with zero attached hydrogens (tertiary/aromatic N) is 4. The highest BCUT2D eigenvalue weighted by Gasteiger charge is 2.35. The van der Waals surface area contributed by atoms with Crippen molar-refractivity contribution in [2.45, 2.75) is 64.2 Å². The number of piperidine rings is 1. The molecule has 0 radical (unpaired) electrons. The Bertz CT molecular complexity index is 414. The molecule has 2 aliphatic rings. The maximum Gasteiger partial charge on any atom is 0.141 e. The second-order valence-electron chi connectivity index (χ2n) is 6.09. The van der Waals surface area contributed by atoms with Gasteiger partial charge in [-0.3, -0.25) is 4.90 Å². The molecule has 0 saturated carbocycles. The van der Waals surface area contributed by atoms with Crippen molar-refractivity contribution in [3.05, 3.63) is 12.2 Å². The van der Waals surface area contributed by atoms with Crippen LogP contribution >= 0.6 is 0 Å². The average molecular weight is 263 g/mol. The standard InChI is InChI=1S/C14H25N5/c1-11(2)19-14(16-10-17-19)9-15-12-6-8-18-7-4-3-5-13(12)18/h10-13,15H,3-9H2,1-2H3. The van der Waals surface area contributed by atoms with Gasteiger partial charge >= 0.3 is 0 Å². The van der Waals surface area contributed by atoms with Gasteiger partial charge in [-0.2, -0.15) is 5.10 Å². The van der Waals surface area contributed by atoms with Gasteiger partial charge < -0.3 is 5.32 Å². The molecule has 2 atom stereocenters. The van der Waals surface area contributed by atoms with E-state index in [4.69, 9.17) is 0 Å². The predicted octanol–water partition coefficient (Wildman–Crippen LogP) is 1.58.